The maximum Gasteiger partial charge on any atom is 0.411 e. The molecule has 108 valence electrons. The Labute approximate surface area is 131 Å². The maximum absolute atomic E-state index is 12.1. The third-order valence-corrected chi connectivity index (χ3v) is 3.47. The smallest absolute Gasteiger partial charge is 0.411 e. The summed E-state index contributed by atoms with van der Waals surface area (Å²) >= 11 is 1.95. The lowest BCUT2D eigenvalue weighted by Gasteiger charge is -2.22. The first kappa shape index (κ1) is 15.1. The summed E-state index contributed by atoms with van der Waals surface area (Å²) in [6.45, 7) is 0.770. The lowest BCUT2D eigenvalue weighted by Crippen LogP contribution is -2.41. The van der Waals surface area contributed by atoms with Gasteiger partial charge in [0.2, 0.25) is 0 Å². The standard InChI is InChI=1S/C14H16INO4/c15-10-20-14(18)16-8-4-7-12(16)13(17)19-9-11-5-2-1-3-6-11/h1-3,5-6,12H,4,7-10H2/t12-/m0/s1. The van der Waals surface area contributed by atoms with Gasteiger partial charge in [0.15, 0.2) is 0 Å². The predicted molar refractivity (Wildman–Crippen MR) is 81.3 cm³/mol. The molecular weight excluding hydrogens is 373 g/mol. The van der Waals surface area contributed by atoms with Crippen LogP contribution in [0.3, 0.4) is 0 Å². The fourth-order valence-electron chi connectivity index (χ4n) is 2.18. The van der Waals surface area contributed by atoms with Crippen LogP contribution >= 0.6 is 22.6 Å². The summed E-state index contributed by atoms with van der Waals surface area (Å²) < 4.78 is 10.5. The topological polar surface area (TPSA) is 55.8 Å². The van der Waals surface area contributed by atoms with Crippen LogP contribution in [-0.4, -0.2) is 34.2 Å². The van der Waals surface area contributed by atoms with Crippen molar-refractivity contribution in [2.24, 2.45) is 0 Å². The summed E-state index contributed by atoms with van der Waals surface area (Å²) in [7, 11) is 0. The molecule has 6 heteroatoms. The highest BCUT2D eigenvalue weighted by atomic mass is 127. The Kier molecular flexibility index (Phi) is 5.63. The second-order valence-electron chi connectivity index (χ2n) is 4.46. The fourth-order valence-corrected chi connectivity index (χ4v) is 2.45. The van der Waals surface area contributed by atoms with Crippen LogP contribution in [0, 0.1) is 0 Å². The van der Waals surface area contributed by atoms with Gasteiger partial charge in [0.05, 0.1) is 0 Å². The number of alkyl halides is 1. The third kappa shape index (κ3) is 3.84. The second kappa shape index (κ2) is 7.47. The van der Waals surface area contributed by atoms with Crippen LogP contribution in [0.4, 0.5) is 4.79 Å². The molecule has 2 rings (SSSR count). The van der Waals surface area contributed by atoms with Crippen LogP contribution < -0.4 is 0 Å². The SMILES string of the molecule is O=C(OCc1ccccc1)[C@@H]1CCCN1C(=O)OCI. The summed E-state index contributed by atoms with van der Waals surface area (Å²) in [5.41, 5.74) is 0.931. The van der Waals surface area contributed by atoms with Gasteiger partial charge in [-0.2, -0.15) is 0 Å². The van der Waals surface area contributed by atoms with E-state index < -0.39 is 12.1 Å². The average molecular weight is 389 g/mol. The molecular formula is C14H16INO4. The Morgan fingerprint density at radius 2 is 2.00 bits per heavy atom. The highest BCUT2D eigenvalue weighted by molar-refractivity contribution is 14.1. The van der Waals surface area contributed by atoms with Gasteiger partial charge in [0.25, 0.3) is 0 Å². The quantitative estimate of drug-likeness (QED) is 0.452. The van der Waals surface area contributed by atoms with E-state index in [-0.39, 0.29) is 17.2 Å². The van der Waals surface area contributed by atoms with E-state index in [1.807, 2.05) is 52.9 Å². The maximum atomic E-state index is 12.1. The van der Waals surface area contributed by atoms with Crippen LogP contribution in [-0.2, 0) is 20.9 Å². The molecule has 0 saturated carbocycles. The first-order chi connectivity index (χ1) is 9.72. The number of rotatable bonds is 4. The van der Waals surface area contributed by atoms with E-state index in [4.69, 9.17) is 9.47 Å². The molecule has 1 aliphatic heterocycles. The van der Waals surface area contributed by atoms with Crippen molar-refractivity contribution in [3.63, 3.8) is 0 Å². The van der Waals surface area contributed by atoms with Gasteiger partial charge in [0.1, 0.15) is 17.3 Å². The van der Waals surface area contributed by atoms with Crippen molar-refractivity contribution in [1.29, 1.82) is 0 Å². The van der Waals surface area contributed by atoms with Crippen molar-refractivity contribution in [2.45, 2.75) is 25.5 Å². The summed E-state index contributed by atoms with van der Waals surface area (Å²) in [6.07, 6.45) is 0.976. The second-order valence-corrected chi connectivity index (χ2v) is 5.09. The molecule has 0 radical (unpaired) electrons. The molecule has 1 atom stereocenters. The number of likely N-dealkylation sites (tertiary alicyclic amines) is 1. The third-order valence-electron chi connectivity index (χ3n) is 3.16. The molecule has 1 heterocycles. The Morgan fingerprint density at radius 1 is 1.25 bits per heavy atom. The molecule has 1 saturated heterocycles. The van der Waals surface area contributed by atoms with E-state index in [1.165, 1.54) is 4.90 Å². The van der Waals surface area contributed by atoms with Gasteiger partial charge in [0, 0.05) is 6.54 Å². The molecule has 0 unspecified atom stereocenters. The summed E-state index contributed by atoms with van der Waals surface area (Å²) in [6, 6.07) is 8.96. The minimum atomic E-state index is -0.519. The van der Waals surface area contributed by atoms with E-state index in [1.54, 1.807) is 0 Å². The van der Waals surface area contributed by atoms with Gasteiger partial charge >= 0.3 is 12.1 Å². The van der Waals surface area contributed by atoms with Gasteiger partial charge in [-0.05, 0) is 41.0 Å². The minimum Gasteiger partial charge on any atom is -0.459 e. The predicted octanol–water partition coefficient (Wildman–Crippen LogP) is 2.72. The van der Waals surface area contributed by atoms with E-state index in [9.17, 15) is 9.59 Å². The number of benzene rings is 1. The van der Waals surface area contributed by atoms with E-state index in [2.05, 4.69) is 0 Å². The zero-order valence-electron chi connectivity index (χ0n) is 11.0. The summed E-state index contributed by atoms with van der Waals surface area (Å²) in [5, 5.41) is 0. The van der Waals surface area contributed by atoms with Crippen molar-refractivity contribution in [3.8, 4) is 0 Å². The molecule has 0 aromatic heterocycles. The summed E-state index contributed by atoms with van der Waals surface area (Å²) in [5.74, 6) is -0.364. The molecule has 1 amide bonds. The van der Waals surface area contributed by atoms with Gasteiger partial charge in [-0.25, -0.2) is 9.59 Å². The van der Waals surface area contributed by atoms with Gasteiger partial charge in [-0.15, -0.1) is 0 Å². The number of nitrogens with zero attached hydrogens (tertiary/aromatic N) is 1. The minimum absolute atomic E-state index is 0.228. The Hall–Kier alpha value is -1.31. The molecule has 1 fully saturated rings. The Balaban J connectivity index is 1.89. The highest BCUT2D eigenvalue weighted by Crippen LogP contribution is 2.20. The van der Waals surface area contributed by atoms with Gasteiger partial charge in [-0.1, -0.05) is 30.3 Å². The molecule has 20 heavy (non-hydrogen) atoms. The van der Waals surface area contributed by atoms with Gasteiger partial charge < -0.3 is 9.47 Å². The molecule has 1 aromatic carbocycles. The average Bonchev–Trinajstić information content (AvgIpc) is 2.96. The van der Waals surface area contributed by atoms with E-state index >= 15 is 0 Å². The van der Waals surface area contributed by atoms with E-state index in [0.29, 0.717) is 13.0 Å². The molecule has 5 nitrogen and oxygen atoms in total. The molecule has 0 N–H and O–H groups in total. The van der Waals surface area contributed by atoms with Crippen LogP contribution in [0.25, 0.3) is 0 Å². The van der Waals surface area contributed by atoms with Crippen LogP contribution in [0.15, 0.2) is 30.3 Å². The number of esters is 1. The largest absolute Gasteiger partial charge is 0.459 e. The van der Waals surface area contributed by atoms with Crippen molar-refractivity contribution in [1.82, 2.24) is 4.90 Å². The van der Waals surface area contributed by atoms with Crippen molar-refractivity contribution < 1.29 is 19.1 Å². The highest BCUT2D eigenvalue weighted by Gasteiger charge is 2.36. The Morgan fingerprint density at radius 3 is 2.70 bits per heavy atom. The van der Waals surface area contributed by atoms with Crippen molar-refractivity contribution >= 4 is 34.7 Å². The van der Waals surface area contributed by atoms with Gasteiger partial charge in [-0.3, -0.25) is 4.90 Å². The number of hydrogen-bond acceptors (Lipinski definition) is 4. The molecule has 0 aliphatic carbocycles. The number of halogens is 1. The number of carbonyl (C=O) groups is 2. The first-order valence-electron chi connectivity index (χ1n) is 6.42. The zero-order chi connectivity index (χ0) is 14.4. The Bertz CT molecular complexity index is 466. The number of ether oxygens (including phenoxy) is 2. The first-order valence-corrected chi connectivity index (χ1v) is 7.95. The monoisotopic (exact) mass is 389 g/mol. The fraction of sp³-hybridized carbons (Fsp3) is 0.429. The van der Waals surface area contributed by atoms with E-state index in [0.717, 1.165) is 12.0 Å². The van der Waals surface area contributed by atoms with Crippen LogP contribution in [0.2, 0.25) is 0 Å². The lowest BCUT2D eigenvalue weighted by atomic mass is 10.2. The molecule has 1 aromatic rings. The number of amides is 1. The van der Waals surface area contributed by atoms with Crippen LogP contribution in [0.5, 0.6) is 0 Å². The molecule has 0 spiro atoms. The lowest BCUT2D eigenvalue weighted by molar-refractivity contribution is -0.149. The number of hydrogen-bond donors (Lipinski definition) is 0. The number of carbonyl (C=O) groups excluding carboxylic acids is 2. The summed E-state index contributed by atoms with van der Waals surface area (Å²) in [4.78, 5) is 25.2. The van der Waals surface area contributed by atoms with Crippen molar-refractivity contribution in [3.05, 3.63) is 35.9 Å². The van der Waals surface area contributed by atoms with Crippen molar-refractivity contribution in [2.75, 3.05) is 11.2 Å². The zero-order valence-corrected chi connectivity index (χ0v) is 13.1. The molecule has 1 aliphatic rings. The normalized spacial score (nSPS) is 17.9. The molecule has 0 bridgehead atoms. The van der Waals surface area contributed by atoms with Crippen LogP contribution in [0.1, 0.15) is 18.4 Å².